The number of ether oxygens (including phenoxy) is 1. The molecule has 25 heavy (non-hydrogen) atoms. The molecule has 2 aromatic heterocycles. The highest BCUT2D eigenvalue weighted by Gasteiger charge is 2.37. The first kappa shape index (κ1) is 17.2. The molecule has 0 spiro atoms. The zero-order valence-corrected chi connectivity index (χ0v) is 14.9. The molecule has 1 fully saturated rings. The molecular formula is C17H23N5O3. The van der Waals surface area contributed by atoms with Crippen molar-refractivity contribution in [3.05, 3.63) is 29.8 Å². The topological polar surface area (TPSA) is 93.4 Å². The van der Waals surface area contributed by atoms with Gasteiger partial charge in [0.2, 0.25) is 5.95 Å². The molecule has 0 aliphatic carbocycles. The van der Waals surface area contributed by atoms with Crippen LogP contribution in [0.15, 0.2) is 22.9 Å². The van der Waals surface area contributed by atoms with Crippen molar-refractivity contribution in [2.24, 2.45) is 5.92 Å². The fraction of sp³-hybridized carbons (Fsp3) is 0.529. The summed E-state index contributed by atoms with van der Waals surface area (Å²) in [5.74, 6) is 1.92. The summed E-state index contributed by atoms with van der Waals surface area (Å²) in [5, 5.41) is 7.18. The van der Waals surface area contributed by atoms with Crippen LogP contribution in [0.1, 0.15) is 45.2 Å². The number of aromatic nitrogens is 3. The molecule has 1 aliphatic rings. The predicted molar refractivity (Wildman–Crippen MR) is 92.4 cm³/mol. The Morgan fingerprint density at radius 2 is 2.20 bits per heavy atom. The van der Waals surface area contributed by atoms with Gasteiger partial charge in [-0.15, -0.1) is 0 Å². The molecule has 3 heterocycles. The van der Waals surface area contributed by atoms with Crippen molar-refractivity contribution in [1.82, 2.24) is 15.1 Å². The quantitative estimate of drug-likeness (QED) is 0.859. The lowest BCUT2D eigenvalue weighted by atomic mass is 10.0. The van der Waals surface area contributed by atoms with Crippen molar-refractivity contribution in [2.45, 2.75) is 46.2 Å². The van der Waals surface area contributed by atoms with Crippen LogP contribution in [0.5, 0.6) is 0 Å². The van der Waals surface area contributed by atoms with E-state index < -0.39 is 0 Å². The highest BCUT2D eigenvalue weighted by atomic mass is 16.6. The molecule has 1 aliphatic heterocycles. The Morgan fingerprint density at radius 1 is 1.40 bits per heavy atom. The van der Waals surface area contributed by atoms with Crippen molar-refractivity contribution in [3.8, 4) is 0 Å². The zero-order valence-electron chi connectivity index (χ0n) is 14.9. The molecule has 0 unspecified atom stereocenters. The van der Waals surface area contributed by atoms with E-state index in [0.29, 0.717) is 24.1 Å². The van der Waals surface area contributed by atoms with Gasteiger partial charge >= 0.3 is 6.09 Å². The van der Waals surface area contributed by atoms with Crippen LogP contribution >= 0.6 is 0 Å². The van der Waals surface area contributed by atoms with E-state index in [1.165, 1.54) is 0 Å². The molecule has 2 aromatic rings. The number of nitrogens with zero attached hydrogens (tertiary/aromatic N) is 4. The summed E-state index contributed by atoms with van der Waals surface area (Å²) in [6, 6.07) is 3.44. The van der Waals surface area contributed by atoms with Crippen molar-refractivity contribution in [3.63, 3.8) is 0 Å². The highest BCUT2D eigenvalue weighted by molar-refractivity contribution is 5.89. The first-order valence-corrected chi connectivity index (χ1v) is 8.50. The average Bonchev–Trinajstić information content (AvgIpc) is 3.21. The predicted octanol–water partition coefficient (Wildman–Crippen LogP) is 3.18. The van der Waals surface area contributed by atoms with E-state index in [4.69, 9.17) is 9.26 Å². The lowest BCUT2D eigenvalue weighted by molar-refractivity contribution is 0.177. The Bertz CT molecular complexity index is 745. The van der Waals surface area contributed by atoms with E-state index in [0.717, 1.165) is 12.1 Å². The summed E-state index contributed by atoms with van der Waals surface area (Å²) < 4.78 is 10.5. The number of cyclic esters (lactones) is 1. The van der Waals surface area contributed by atoms with Crippen LogP contribution in [-0.4, -0.2) is 33.9 Å². The van der Waals surface area contributed by atoms with Gasteiger partial charge in [-0.2, -0.15) is 4.98 Å². The molecular weight excluding hydrogens is 322 g/mol. The fourth-order valence-electron chi connectivity index (χ4n) is 2.71. The van der Waals surface area contributed by atoms with Gasteiger partial charge in [-0.25, -0.2) is 9.78 Å². The third-order valence-electron chi connectivity index (χ3n) is 4.27. The number of aryl methyl sites for hydroxylation is 1. The summed E-state index contributed by atoms with van der Waals surface area (Å²) in [6.07, 6.45) is 2.06. The minimum Gasteiger partial charge on any atom is -0.447 e. The SMILES string of the molecule is CCc1cc([C@@H](C)Nc2nccc(N3C(=O)OC[C@@H]3C(C)C)n2)on1. The molecule has 0 radical (unpaired) electrons. The average molecular weight is 345 g/mol. The maximum atomic E-state index is 12.1. The molecule has 0 aromatic carbocycles. The van der Waals surface area contributed by atoms with Gasteiger partial charge in [-0.1, -0.05) is 25.9 Å². The smallest absolute Gasteiger partial charge is 0.415 e. The lowest BCUT2D eigenvalue weighted by Crippen LogP contribution is -2.37. The summed E-state index contributed by atoms with van der Waals surface area (Å²) in [5.41, 5.74) is 0.901. The van der Waals surface area contributed by atoms with Gasteiger partial charge in [0.15, 0.2) is 5.76 Å². The largest absolute Gasteiger partial charge is 0.447 e. The Morgan fingerprint density at radius 3 is 2.88 bits per heavy atom. The summed E-state index contributed by atoms with van der Waals surface area (Å²) in [4.78, 5) is 22.4. The van der Waals surface area contributed by atoms with Crippen LogP contribution in [0.4, 0.5) is 16.6 Å². The molecule has 134 valence electrons. The van der Waals surface area contributed by atoms with Gasteiger partial charge in [-0.05, 0) is 25.3 Å². The summed E-state index contributed by atoms with van der Waals surface area (Å²) >= 11 is 0. The number of amides is 1. The number of anilines is 2. The maximum Gasteiger partial charge on any atom is 0.415 e. The summed E-state index contributed by atoms with van der Waals surface area (Å²) in [6.45, 7) is 8.44. The van der Waals surface area contributed by atoms with E-state index in [1.54, 1.807) is 17.2 Å². The highest BCUT2D eigenvalue weighted by Crippen LogP contribution is 2.26. The molecule has 8 nitrogen and oxygen atoms in total. The van der Waals surface area contributed by atoms with Crippen molar-refractivity contribution in [1.29, 1.82) is 0 Å². The van der Waals surface area contributed by atoms with Gasteiger partial charge in [-0.3, -0.25) is 4.90 Å². The Balaban J connectivity index is 1.78. The maximum absolute atomic E-state index is 12.1. The second-order valence-corrected chi connectivity index (χ2v) is 6.44. The van der Waals surface area contributed by atoms with Crippen molar-refractivity contribution in [2.75, 3.05) is 16.8 Å². The van der Waals surface area contributed by atoms with Crippen molar-refractivity contribution >= 4 is 17.9 Å². The normalized spacial score (nSPS) is 18.5. The Labute approximate surface area is 146 Å². The molecule has 1 saturated heterocycles. The number of hydrogen-bond acceptors (Lipinski definition) is 7. The lowest BCUT2D eigenvalue weighted by Gasteiger charge is -2.23. The minimum atomic E-state index is -0.376. The molecule has 2 atom stereocenters. The van der Waals surface area contributed by atoms with Gasteiger partial charge in [0.25, 0.3) is 0 Å². The van der Waals surface area contributed by atoms with Crippen molar-refractivity contribution < 1.29 is 14.1 Å². The number of rotatable bonds is 6. The number of nitrogens with one attached hydrogen (secondary N) is 1. The van der Waals surface area contributed by atoms with Gasteiger partial charge in [0.1, 0.15) is 12.4 Å². The van der Waals surface area contributed by atoms with E-state index in [2.05, 4.69) is 34.3 Å². The van der Waals surface area contributed by atoms with Gasteiger partial charge in [0.05, 0.1) is 17.8 Å². The van der Waals surface area contributed by atoms with Gasteiger partial charge < -0.3 is 14.6 Å². The second kappa shape index (κ2) is 7.08. The zero-order chi connectivity index (χ0) is 18.0. The van der Waals surface area contributed by atoms with Gasteiger partial charge in [0, 0.05) is 12.3 Å². The van der Waals surface area contributed by atoms with E-state index in [-0.39, 0.29) is 24.1 Å². The number of carbonyl (C=O) groups excluding carboxylic acids is 1. The number of carbonyl (C=O) groups is 1. The molecule has 1 N–H and O–H groups in total. The Kier molecular flexibility index (Phi) is 4.87. The third kappa shape index (κ3) is 3.57. The molecule has 0 saturated carbocycles. The first-order chi connectivity index (χ1) is 12.0. The van der Waals surface area contributed by atoms with Crippen LogP contribution in [0, 0.1) is 5.92 Å². The van der Waals surface area contributed by atoms with E-state index in [9.17, 15) is 4.79 Å². The summed E-state index contributed by atoms with van der Waals surface area (Å²) in [7, 11) is 0. The molecule has 1 amide bonds. The van der Waals surface area contributed by atoms with Crippen LogP contribution in [0.2, 0.25) is 0 Å². The third-order valence-corrected chi connectivity index (χ3v) is 4.27. The molecule has 8 heteroatoms. The molecule has 3 rings (SSSR count). The van der Waals surface area contributed by atoms with E-state index >= 15 is 0 Å². The fourth-order valence-corrected chi connectivity index (χ4v) is 2.71. The van der Waals surface area contributed by atoms with Crippen LogP contribution < -0.4 is 10.2 Å². The monoisotopic (exact) mass is 345 g/mol. The van der Waals surface area contributed by atoms with E-state index in [1.807, 2.05) is 19.9 Å². The first-order valence-electron chi connectivity index (χ1n) is 8.50. The molecule has 0 bridgehead atoms. The minimum absolute atomic E-state index is 0.0333. The second-order valence-electron chi connectivity index (χ2n) is 6.44. The Hall–Kier alpha value is -2.64. The van der Waals surface area contributed by atoms with Crippen LogP contribution in [0.25, 0.3) is 0 Å². The van der Waals surface area contributed by atoms with Crippen LogP contribution in [-0.2, 0) is 11.2 Å². The standard InChI is InChI=1S/C17H23N5O3/c1-5-12-8-14(25-21-12)11(4)19-16-18-7-6-15(20-16)22-13(10(2)3)9-24-17(22)23/h6-8,10-11,13H,5,9H2,1-4H3,(H,18,19,20)/t11-,13-/m1/s1. The number of hydrogen-bond donors (Lipinski definition) is 1. The van der Waals surface area contributed by atoms with Crippen LogP contribution in [0.3, 0.4) is 0 Å².